The van der Waals surface area contributed by atoms with Crippen LogP contribution in [-0.2, 0) is 0 Å². The topological polar surface area (TPSA) is 15.8 Å². The SMILES string of the molecule is CC[CH]CCCCC(CC)c1cc2ccccc2[nH]1. The highest BCUT2D eigenvalue weighted by Gasteiger charge is 2.11. The molecule has 0 bridgehead atoms. The van der Waals surface area contributed by atoms with Gasteiger partial charge in [-0.1, -0.05) is 57.7 Å². The maximum Gasteiger partial charge on any atom is 0.0456 e. The van der Waals surface area contributed by atoms with E-state index in [2.05, 4.69) is 55.6 Å². The molecule has 0 fully saturated rings. The Morgan fingerprint density at radius 2 is 2.00 bits per heavy atom. The lowest BCUT2D eigenvalue weighted by Crippen LogP contribution is -1.97. The van der Waals surface area contributed by atoms with Crippen molar-refractivity contribution in [3.05, 3.63) is 42.4 Å². The summed E-state index contributed by atoms with van der Waals surface area (Å²) >= 11 is 0. The van der Waals surface area contributed by atoms with Crippen LogP contribution in [-0.4, -0.2) is 4.98 Å². The minimum atomic E-state index is 0.689. The molecule has 1 aromatic heterocycles. The van der Waals surface area contributed by atoms with Gasteiger partial charge in [0.05, 0.1) is 0 Å². The quantitative estimate of drug-likeness (QED) is 0.571. The summed E-state index contributed by atoms with van der Waals surface area (Å²) in [5.41, 5.74) is 2.69. The number of hydrogen-bond donors (Lipinski definition) is 1. The van der Waals surface area contributed by atoms with Gasteiger partial charge in [-0.25, -0.2) is 0 Å². The number of H-pyrrole nitrogens is 1. The number of para-hydroxylation sites is 1. The van der Waals surface area contributed by atoms with E-state index in [9.17, 15) is 0 Å². The first-order chi connectivity index (χ1) is 9.35. The van der Waals surface area contributed by atoms with Gasteiger partial charge in [0.1, 0.15) is 0 Å². The van der Waals surface area contributed by atoms with Gasteiger partial charge in [0.25, 0.3) is 0 Å². The largest absolute Gasteiger partial charge is 0.358 e. The Morgan fingerprint density at radius 3 is 2.74 bits per heavy atom. The molecule has 1 N–H and O–H groups in total. The van der Waals surface area contributed by atoms with E-state index in [1.54, 1.807) is 0 Å². The van der Waals surface area contributed by atoms with Gasteiger partial charge in [-0.15, -0.1) is 0 Å². The van der Waals surface area contributed by atoms with Gasteiger partial charge < -0.3 is 4.98 Å². The molecule has 1 nitrogen and oxygen atoms in total. The Balaban J connectivity index is 1.93. The predicted octanol–water partition coefficient (Wildman–Crippen LogP) is 5.84. The zero-order valence-electron chi connectivity index (χ0n) is 12.3. The van der Waals surface area contributed by atoms with Gasteiger partial charge in [-0.2, -0.15) is 0 Å². The average Bonchev–Trinajstić information content (AvgIpc) is 2.86. The van der Waals surface area contributed by atoms with E-state index >= 15 is 0 Å². The summed E-state index contributed by atoms with van der Waals surface area (Å²) in [5, 5.41) is 1.34. The molecule has 19 heavy (non-hydrogen) atoms. The molecule has 0 amide bonds. The molecule has 2 aromatic rings. The standard InChI is InChI=1S/C18H26N/c1-3-5-6-7-8-11-15(4-2)18-14-16-12-9-10-13-17(16)19-18/h5,9-10,12-15,19H,3-4,6-8,11H2,1-2H3. The number of hydrogen-bond acceptors (Lipinski definition) is 0. The van der Waals surface area contributed by atoms with E-state index in [1.165, 1.54) is 55.1 Å². The van der Waals surface area contributed by atoms with Crippen molar-refractivity contribution in [2.45, 2.75) is 58.3 Å². The van der Waals surface area contributed by atoms with Crippen molar-refractivity contribution >= 4 is 10.9 Å². The van der Waals surface area contributed by atoms with Crippen LogP contribution in [0.1, 0.15) is 64.0 Å². The Labute approximate surface area is 117 Å². The first kappa shape index (κ1) is 14.2. The highest BCUT2D eigenvalue weighted by atomic mass is 14.7. The van der Waals surface area contributed by atoms with Crippen molar-refractivity contribution in [1.29, 1.82) is 0 Å². The van der Waals surface area contributed by atoms with Gasteiger partial charge >= 0.3 is 0 Å². The molecule has 1 heterocycles. The summed E-state index contributed by atoms with van der Waals surface area (Å²) in [6, 6.07) is 10.9. The van der Waals surface area contributed by atoms with E-state index in [1.807, 2.05) is 0 Å². The monoisotopic (exact) mass is 256 g/mol. The van der Waals surface area contributed by atoms with E-state index in [4.69, 9.17) is 0 Å². The molecular formula is C18H26N. The van der Waals surface area contributed by atoms with Crippen LogP contribution in [0.2, 0.25) is 0 Å². The molecule has 0 aliphatic carbocycles. The summed E-state index contributed by atoms with van der Waals surface area (Å²) in [5.74, 6) is 0.689. The highest BCUT2D eigenvalue weighted by Crippen LogP contribution is 2.28. The molecule has 0 aliphatic heterocycles. The zero-order valence-corrected chi connectivity index (χ0v) is 12.3. The lowest BCUT2D eigenvalue weighted by Gasteiger charge is -2.13. The second-order valence-electron chi connectivity index (χ2n) is 5.40. The van der Waals surface area contributed by atoms with Gasteiger partial charge in [0.15, 0.2) is 0 Å². The van der Waals surface area contributed by atoms with Crippen LogP contribution in [0.15, 0.2) is 30.3 Å². The predicted molar refractivity (Wildman–Crippen MR) is 84.4 cm³/mol. The number of rotatable bonds is 8. The molecule has 1 unspecified atom stereocenters. The number of aromatic amines is 1. The maximum atomic E-state index is 3.59. The summed E-state index contributed by atoms with van der Waals surface area (Å²) in [7, 11) is 0. The van der Waals surface area contributed by atoms with Crippen molar-refractivity contribution in [3.63, 3.8) is 0 Å². The minimum Gasteiger partial charge on any atom is -0.358 e. The van der Waals surface area contributed by atoms with E-state index in [-0.39, 0.29) is 0 Å². The smallest absolute Gasteiger partial charge is 0.0456 e. The third-order valence-electron chi connectivity index (χ3n) is 3.98. The van der Waals surface area contributed by atoms with Gasteiger partial charge in [0, 0.05) is 11.2 Å². The first-order valence-corrected chi connectivity index (χ1v) is 7.74. The Kier molecular flexibility index (Phi) is 5.50. The fraction of sp³-hybridized carbons (Fsp3) is 0.500. The van der Waals surface area contributed by atoms with E-state index < -0.39 is 0 Å². The maximum absolute atomic E-state index is 3.59. The van der Waals surface area contributed by atoms with E-state index in [0.717, 1.165) is 0 Å². The molecule has 1 atom stereocenters. The number of nitrogens with one attached hydrogen (secondary N) is 1. The number of aromatic nitrogens is 1. The third-order valence-corrected chi connectivity index (χ3v) is 3.98. The van der Waals surface area contributed by atoms with Crippen molar-refractivity contribution < 1.29 is 0 Å². The summed E-state index contributed by atoms with van der Waals surface area (Å²) < 4.78 is 0. The van der Waals surface area contributed by atoms with E-state index in [0.29, 0.717) is 5.92 Å². The molecule has 0 saturated carbocycles. The Morgan fingerprint density at radius 1 is 1.16 bits per heavy atom. The first-order valence-electron chi connectivity index (χ1n) is 7.74. The number of fused-ring (bicyclic) bond motifs is 1. The normalized spacial score (nSPS) is 12.9. The Bertz CT molecular complexity index is 450. The lowest BCUT2D eigenvalue weighted by atomic mass is 9.95. The van der Waals surface area contributed by atoms with Crippen LogP contribution in [0.5, 0.6) is 0 Å². The van der Waals surface area contributed by atoms with Crippen LogP contribution in [0.4, 0.5) is 0 Å². The molecule has 1 radical (unpaired) electrons. The summed E-state index contributed by atoms with van der Waals surface area (Å²) in [4.78, 5) is 3.59. The summed E-state index contributed by atoms with van der Waals surface area (Å²) in [6.07, 6.45) is 10.1. The molecule has 0 spiro atoms. The average molecular weight is 256 g/mol. The van der Waals surface area contributed by atoms with Gasteiger partial charge in [-0.05, 0) is 42.7 Å². The fourth-order valence-corrected chi connectivity index (χ4v) is 2.78. The molecule has 103 valence electrons. The molecule has 1 aromatic carbocycles. The van der Waals surface area contributed by atoms with Crippen LogP contribution >= 0.6 is 0 Å². The van der Waals surface area contributed by atoms with Crippen LogP contribution in [0.3, 0.4) is 0 Å². The zero-order chi connectivity index (χ0) is 13.5. The molecule has 2 rings (SSSR count). The van der Waals surface area contributed by atoms with Gasteiger partial charge in [0.2, 0.25) is 0 Å². The summed E-state index contributed by atoms with van der Waals surface area (Å²) in [6.45, 7) is 4.52. The van der Waals surface area contributed by atoms with Crippen LogP contribution in [0, 0.1) is 6.42 Å². The molecular weight excluding hydrogens is 230 g/mol. The second kappa shape index (κ2) is 7.37. The second-order valence-corrected chi connectivity index (χ2v) is 5.40. The number of benzene rings is 1. The van der Waals surface area contributed by atoms with Crippen LogP contribution < -0.4 is 0 Å². The Hall–Kier alpha value is -1.24. The molecule has 0 aliphatic rings. The number of unbranched alkanes of at least 4 members (excludes halogenated alkanes) is 4. The minimum absolute atomic E-state index is 0.689. The molecule has 0 saturated heterocycles. The third kappa shape index (κ3) is 3.86. The molecule has 1 heteroatoms. The lowest BCUT2D eigenvalue weighted by molar-refractivity contribution is 0.546. The van der Waals surface area contributed by atoms with Crippen molar-refractivity contribution in [2.75, 3.05) is 0 Å². The van der Waals surface area contributed by atoms with Crippen molar-refractivity contribution in [1.82, 2.24) is 4.98 Å². The van der Waals surface area contributed by atoms with Crippen molar-refractivity contribution in [3.8, 4) is 0 Å². The fourth-order valence-electron chi connectivity index (χ4n) is 2.78. The van der Waals surface area contributed by atoms with Crippen LogP contribution in [0.25, 0.3) is 10.9 Å². The highest BCUT2D eigenvalue weighted by molar-refractivity contribution is 5.80. The van der Waals surface area contributed by atoms with Gasteiger partial charge in [-0.3, -0.25) is 0 Å². The van der Waals surface area contributed by atoms with Crippen molar-refractivity contribution in [2.24, 2.45) is 0 Å².